The van der Waals surface area contributed by atoms with Gasteiger partial charge in [0.2, 0.25) is 0 Å². The number of hydrogen-bond donors (Lipinski definition) is 0. The lowest BCUT2D eigenvalue weighted by Gasteiger charge is -2.37. The maximum absolute atomic E-state index is 11.5. The van der Waals surface area contributed by atoms with Crippen LogP contribution >= 0.6 is 11.8 Å². The van der Waals surface area contributed by atoms with Crippen molar-refractivity contribution < 1.29 is 14.0 Å². The molecule has 0 aliphatic carbocycles. The van der Waals surface area contributed by atoms with Crippen molar-refractivity contribution in [2.45, 2.75) is 26.2 Å². The molecule has 0 atom stereocenters. The summed E-state index contributed by atoms with van der Waals surface area (Å²) in [6, 6.07) is 0. The molecule has 0 unspecified atom stereocenters. The molecule has 3 nitrogen and oxygen atoms in total. The zero-order chi connectivity index (χ0) is 11.9. The molecule has 1 rings (SSSR count). The zero-order valence-corrected chi connectivity index (χ0v) is 11.4. The SMILES string of the molecule is CCCCC(=O)SCC[N+]1(C)CCOCC1. The second kappa shape index (κ2) is 7.30. The summed E-state index contributed by atoms with van der Waals surface area (Å²) in [6.07, 6.45) is 2.89. The quantitative estimate of drug-likeness (QED) is 0.670. The van der Waals surface area contributed by atoms with Gasteiger partial charge < -0.3 is 9.22 Å². The maximum atomic E-state index is 11.5. The Kier molecular flexibility index (Phi) is 6.39. The lowest BCUT2D eigenvalue weighted by atomic mass is 10.3. The molecular weight excluding hydrogens is 222 g/mol. The highest BCUT2D eigenvalue weighted by atomic mass is 32.2. The average Bonchev–Trinajstić information content (AvgIpc) is 2.27. The minimum Gasteiger partial charge on any atom is -0.370 e. The fraction of sp³-hybridized carbons (Fsp3) is 0.917. The Balaban J connectivity index is 2.11. The van der Waals surface area contributed by atoms with E-state index in [0.717, 1.165) is 62.3 Å². The molecule has 0 spiro atoms. The highest BCUT2D eigenvalue weighted by Crippen LogP contribution is 2.13. The van der Waals surface area contributed by atoms with Crippen LogP contribution in [-0.4, -0.2) is 55.2 Å². The van der Waals surface area contributed by atoms with E-state index >= 15 is 0 Å². The standard InChI is InChI=1S/C12H24NO2S/c1-3-4-5-12(14)16-11-8-13(2)6-9-15-10-7-13/h3-11H2,1-2H3/q+1. The number of unbranched alkanes of at least 4 members (excludes halogenated alkanes) is 1. The first-order valence-corrected chi connectivity index (χ1v) is 7.22. The topological polar surface area (TPSA) is 26.3 Å². The second-order valence-corrected chi connectivity index (χ2v) is 5.88. The Hall–Kier alpha value is -0.0600. The summed E-state index contributed by atoms with van der Waals surface area (Å²) in [5.41, 5.74) is 0. The number of thioether (sulfide) groups is 1. The smallest absolute Gasteiger partial charge is 0.189 e. The minimum absolute atomic E-state index is 0.363. The van der Waals surface area contributed by atoms with E-state index in [1.54, 1.807) is 0 Å². The highest BCUT2D eigenvalue weighted by molar-refractivity contribution is 8.13. The van der Waals surface area contributed by atoms with Gasteiger partial charge in [-0.2, -0.15) is 0 Å². The van der Waals surface area contributed by atoms with E-state index in [2.05, 4.69) is 14.0 Å². The van der Waals surface area contributed by atoms with Crippen LogP contribution in [0.15, 0.2) is 0 Å². The van der Waals surface area contributed by atoms with Crippen LogP contribution in [0.25, 0.3) is 0 Å². The van der Waals surface area contributed by atoms with Gasteiger partial charge in [-0.15, -0.1) is 0 Å². The maximum Gasteiger partial charge on any atom is 0.189 e. The van der Waals surface area contributed by atoms with Gasteiger partial charge in [0.1, 0.15) is 13.1 Å². The first-order valence-electron chi connectivity index (χ1n) is 6.23. The highest BCUT2D eigenvalue weighted by Gasteiger charge is 2.24. The van der Waals surface area contributed by atoms with Gasteiger partial charge in [-0.05, 0) is 6.42 Å². The van der Waals surface area contributed by atoms with Crippen LogP contribution in [0.5, 0.6) is 0 Å². The summed E-state index contributed by atoms with van der Waals surface area (Å²) in [6.45, 7) is 7.12. The van der Waals surface area contributed by atoms with Gasteiger partial charge in [0.05, 0.1) is 32.6 Å². The molecule has 1 saturated heterocycles. The predicted molar refractivity (Wildman–Crippen MR) is 68.6 cm³/mol. The number of ether oxygens (including phenoxy) is 1. The Labute approximate surface area is 103 Å². The number of morpholine rings is 1. The van der Waals surface area contributed by atoms with Gasteiger partial charge in [0, 0.05) is 6.42 Å². The number of nitrogens with zero attached hydrogens (tertiary/aromatic N) is 1. The molecule has 1 aliphatic heterocycles. The molecule has 1 heterocycles. The lowest BCUT2D eigenvalue weighted by molar-refractivity contribution is -0.914. The molecule has 1 fully saturated rings. The molecular formula is C12H24NO2S+. The van der Waals surface area contributed by atoms with Crippen LogP contribution in [-0.2, 0) is 9.53 Å². The third-order valence-corrected chi connectivity index (χ3v) is 4.09. The van der Waals surface area contributed by atoms with Crippen molar-refractivity contribution in [3.63, 3.8) is 0 Å². The molecule has 0 radical (unpaired) electrons. The monoisotopic (exact) mass is 246 g/mol. The van der Waals surface area contributed by atoms with E-state index in [-0.39, 0.29) is 0 Å². The molecule has 0 saturated carbocycles. The summed E-state index contributed by atoms with van der Waals surface area (Å²) in [7, 11) is 2.26. The molecule has 1 aliphatic rings. The Morgan fingerprint density at radius 1 is 1.38 bits per heavy atom. The van der Waals surface area contributed by atoms with E-state index in [1.165, 1.54) is 11.8 Å². The molecule has 0 bridgehead atoms. The van der Waals surface area contributed by atoms with Crippen LogP contribution in [0.1, 0.15) is 26.2 Å². The summed E-state index contributed by atoms with van der Waals surface area (Å²) in [5.74, 6) is 0.957. The van der Waals surface area contributed by atoms with E-state index < -0.39 is 0 Å². The number of quaternary nitrogens is 1. The van der Waals surface area contributed by atoms with Crippen LogP contribution in [0, 0.1) is 0 Å². The molecule has 0 N–H and O–H groups in total. The summed E-state index contributed by atoms with van der Waals surface area (Å²) in [4.78, 5) is 11.5. The van der Waals surface area contributed by atoms with Gasteiger partial charge in [-0.3, -0.25) is 4.79 Å². The first kappa shape index (κ1) is 14.0. The second-order valence-electron chi connectivity index (χ2n) is 4.73. The van der Waals surface area contributed by atoms with Crippen molar-refractivity contribution >= 4 is 16.9 Å². The van der Waals surface area contributed by atoms with E-state index in [4.69, 9.17) is 4.74 Å². The van der Waals surface area contributed by atoms with Crippen molar-refractivity contribution in [2.75, 3.05) is 45.6 Å². The molecule has 0 aromatic heterocycles. The fourth-order valence-corrected chi connectivity index (χ4v) is 2.83. The lowest BCUT2D eigenvalue weighted by Crippen LogP contribution is -2.53. The third kappa shape index (κ3) is 5.32. The Morgan fingerprint density at radius 2 is 2.06 bits per heavy atom. The Bertz CT molecular complexity index is 215. The first-order chi connectivity index (χ1) is 7.66. The van der Waals surface area contributed by atoms with Gasteiger partial charge in [-0.1, -0.05) is 25.1 Å². The molecule has 4 heteroatoms. The van der Waals surface area contributed by atoms with Crippen LogP contribution in [0.3, 0.4) is 0 Å². The summed E-state index contributed by atoms with van der Waals surface area (Å²) < 4.78 is 6.42. The van der Waals surface area contributed by atoms with Crippen molar-refractivity contribution in [2.24, 2.45) is 0 Å². The van der Waals surface area contributed by atoms with Crippen molar-refractivity contribution in [1.82, 2.24) is 0 Å². The zero-order valence-electron chi connectivity index (χ0n) is 10.5. The van der Waals surface area contributed by atoms with Gasteiger partial charge in [0.15, 0.2) is 5.12 Å². The number of hydrogen-bond acceptors (Lipinski definition) is 3. The van der Waals surface area contributed by atoms with E-state index in [9.17, 15) is 4.79 Å². The van der Waals surface area contributed by atoms with Crippen molar-refractivity contribution in [3.8, 4) is 0 Å². The summed E-state index contributed by atoms with van der Waals surface area (Å²) in [5, 5.41) is 0.363. The van der Waals surface area contributed by atoms with Crippen LogP contribution in [0.4, 0.5) is 0 Å². The van der Waals surface area contributed by atoms with Crippen molar-refractivity contribution in [3.05, 3.63) is 0 Å². The number of likely N-dealkylation sites (N-methyl/N-ethyl adjacent to an activating group) is 1. The average molecular weight is 246 g/mol. The fourth-order valence-electron chi connectivity index (χ4n) is 1.78. The molecule has 0 amide bonds. The van der Waals surface area contributed by atoms with Crippen LogP contribution in [0.2, 0.25) is 0 Å². The normalized spacial score (nSPS) is 19.6. The van der Waals surface area contributed by atoms with Gasteiger partial charge >= 0.3 is 0 Å². The molecule has 94 valence electrons. The predicted octanol–water partition coefficient (Wildman–Crippen LogP) is 1.91. The van der Waals surface area contributed by atoms with Gasteiger partial charge in [-0.25, -0.2) is 0 Å². The number of carbonyl (C=O) groups is 1. The van der Waals surface area contributed by atoms with E-state index in [1.807, 2.05) is 0 Å². The minimum atomic E-state index is 0.363. The molecule has 16 heavy (non-hydrogen) atoms. The van der Waals surface area contributed by atoms with Gasteiger partial charge in [0.25, 0.3) is 0 Å². The number of carbonyl (C=O) groups excluding carboxylic acids is 1. The summed E-state index contributed by atoms with van der Waals surface area (Å²) >= 11 is 1.51. The van der Waals surface area contributed by atoms with Crippen molar-refractivity contribution in [1.29, 1.82) is 0 Å². The number of rotatable bonds is 6. The Morgan fingerprint density at radius 3 is 2.69 bits per heavy atom. The third-order valence-electron chi connectivity index (χ3n) is 3.18. The largest absolute Gasteiger partial charge is 0.370 e. The van der Waals surface area contributed by atoms with Crippen LogP contribution < -0.4 is 0 Å². The van der Waals surface area contributed by atoms with E-state index in [0.29, 0.717) is 5.12 Å². The molecule has 0 aromatic carbocycles. The molecule has 0 aromatic rings.